The van der Waals surface area contributed by atoms with Gasteiger partial charge in [0.05, 0.1) is 0 Å². The summed E-state index contributed by atoms with van der Waals surface area (Å²) < 4.78 is 1.38. The summed E-state index contributed by atoms with van der Waals surface area (Å²) in [5.74, 6) is 0. The largest absolute Gasteiger partial charge is 0.385 e. The monoisotopic (exact) mass is 336 g/mol. The Morgan fingerprint density at radius 2 is 1.62 bits per heavy atom. The Labute approximate surface area is 148 Å². The molecule has 2 aromatic carbocycles. The lowest BCUT2D eigenvalue weighted by molar-refractivity contribution is 0.698. The summed E-state index contributed by atoms with van der Waals surface area (Å²) in [5, 5.41) is 8.21. The predicted molar refractivity (Wildman–Crippen MR) is 105 cm³/mol. The molecule has 3 heteroatoms. The third-order valence-corrected chi connectivity index (χ3v) is 5.45. The minimum absolute atomic E-state index is 0.837. The molecule has 2 N–H and O–H groups in total. The van der Waals surface area contributed by atoms with E-state index in [0.717, 1.165) is 25.3 Å². The zero-order valence-corrected chi connectivity index (χ0v) is 15.2. The maximum Gasteiger partial charge on any atom is 0.0397 e. The van der Waals surface area contributed by atoms with Crippen LogP contribution >= 0.6 is 11.3 Å². The number of rotatable bonds is 7. The molecule has 3 rings (SSSR count). The molecule has 124 valence electrons. The molecule has 0 unspecified atom stereocenters. The van der Waals surface area contributed by atoms with Gasteiger partial charge in [-0.1, -0.05) is 49.0 Å². The molecular formula is C21H24N2S. The van der Waals surface area contributed by atoms with Crippen LogP contribution in [0.15, 0.2) is 60.8 Å². The van der Waals surface area contributed by atoms with E-state index in [1.807, 2.05) is 18.3 Å². The van der Waals surface area contributed by atoms with Crippen molar-refractivity contribution >= 4 is 21.4 Å². The Balaban J connectivity index is 1.55. The van der Waals surface area contributed by atoms with E-state index in [9.17, 15) is 0 Å². The highest BCUT2D eigenvalue weighted by Gasteiger charge is 2.07. The van der Waals surface area contributed by atoms with Crippen molar-refractivity contribution in [1.29, 1.82) is 0 Å². The molecule has 24 heavy (non-hydrogen) atoms. The molecular weight excluding hydrogens is 312 g/mol. The number of benzene rings is 2. The summed E-state index contributed by atoms with van der Waals surface area (Å²) in [7, 11) is 0. The molecule has 1 aromatic heterocycles. The van der Waals surface area contributed by atoms with E-state index >= 15 is 0 Å². The van der Waals surface area contributed by atoms with Crippen LogP contribution in [0.4, 0.5) is 0 Å². The molecule has 0 amide bonds. The molecule has 1 heterocycles. The van der Waals surface area contributed by atoms with Gasteiger partial charge >= 0.3 is 0 Å². The van der Waals surface area contributed by atoms with Crippen LogP contribution in [0.5, 0.6) is 0 Å². The summed E-state index contributed by atoms with van der Waals surface area (Å²) in [4.78, 5) is 1.43. The molecule has 0 saturated heterocycles. The van der Waals surface area contributed by atoms with Crippen LogP contribution in [0.3, 0.4) is 0 Å². The summed E-state index contributed by atoms with van der Waals surface area (Å²) in [5.41, 5.74) is 5.00. The van der Waals surface area contributed by atoms with Gasteiger partial charge in [-0.2, -0.15) is 0 Å². The van der Waals surface area contributed by atoms with Crippen molar-refractivity contribution in [2.75, 3.05) is 0 Å². The average molecular weight is 337 g/mol. The van der Waals surface area contributed by atoms with Crippen LogP contribution in [-0.4, -0.2) is 0 Å². The molecule has 0 spiro atoms. The quantitative estimate of drug-likeness (QED) is 0.625. The topological polar surface area (TPSA) is 24.1 Å². The summed E-state index contributed by atoms with van der Waals surface area (Å²) >= 11 is 1.89. The van der Waals surface area contributed by atoms with E-state index in [1.54, 1.807) is 0 Å². The van der Waals surface area contributed by atoms with E-state index < -0.39 is 0 Å². The normalized spacial score (nSPS) is 10.9. The van der Waals surface area contributed by atoms with Crippen molar-refractivity contribution in [3.63, 3.8) is 0 Å². The Kier molecular flexibility index (Phi) is 5.34. The van der Waals surface area contributed by atoms with Gasteiger partial charge in [-0.25, -0.2) is 0 Å². The minimum atomic E-state index is 0.837. The second kappa shape index (κ2) is 7.65. The van der Waals surface area contributed by atoms with Crippen LogP contribution in [0, 0.1) is 6.92 Å². The van der Waals surface area contributed by atoms with Gasteiger partial charge in [-0.05, 0) is 42.0 Å². The first-order valence-corrected chi connectivity index (χ1v) is 9.10. The van der Waals surface area contributed by atoms with Crippen molar-refractivity contribution < 1.29 is 0 Å². The summed E-state index contributed by atoms with van der Waals surface area (Å²) in [6.45, 7) is 10.7. The maximum absolute atomic E-state index is 3.86. The van der Waals surface area contributed by atoms with E-state index in [0.29, 0.717) is 0 Å². The van der Waals surface area contributed by atoms with Gasteiger partial charge in [0.25, 0.3) is 0 Å². The number of allylic oxidation sites excluding steroid dienone is 1. The maximum atomic E-state index is 3.86. The lowest BCUT2D eigenvalue weighted by atomic mass is 10.1. The third kappa shape index (κ3) is 4.05. The standard InChI is InChI=1S/C21H24N2S/c1-15(2)23-13-18-10-8-17(9-11-18)12-22-14-21-16(3)19-6-4-5-7-20(19)24-21/h4-11,22-23H,1,12-14H2,2-3H3. The third-order valence-electron chi connectivity index (χ3n) is 4.17. The van der Waals surface area contributed by atoms with E-state index in [2.05, 4.69) is 72.7 Å². The highest BCUT2D eigenvalue weighted by atomic mass is 32.1. The molecule has 0 fully saturated rings. The van der Waals surface area contributed by atoms with Crippen LogP contribution in [0.2, 0.25) is 0 Å². The van der Waals surface area contributed by atoms with Crippen molar-refractivity contribution in [1.82, 2.24) is 10.6 Å². The number of nitrogens with one attached hydrogen (secondary N) is 2. The van der Waals surface area contributed by atoms with Crippen LogP contribution in [-0.2, 0) is 19.6 Å². The van der Waals surface area contributed by atoms with Crippen molar-refractivity contribution in [3.05, 3.63) is 82.4 Å². The molecule has 0 aliphatic heterocycles. The molecule has 0 atom stereocenters. The molecule has 0 bridgehead atoms. The molecule has 0 aliphatic rings. The van der Waals surface area contributed by atoms with Gasteiger partial charge in [-0.3, -0.25) is 0 Å². The molecule has 0 saturated carbocycles. The number of thiophene rings is 1. The van der Waals surface area contributed by atoms with Crippen LogP contribution < -0.4 is 10.6 Å². The summed E-state index contributed by atoms with van der Waals surface area (Å²) in [6, 6.07) is 17.4. The van der Waals surface area contributed by atoms with Crippen LogP contribution in [0.25, 0.3) is 10.1 Å². The first-order valence-electron chi connectivity index (χ1n) is 8.28. The SMILES string of the molecule is C=C(C)NCc1ccc(CNCc2sc3ccccc3c2C)cc1. The van der Waals surface area contributed by atoms with Gasteiger partial charge in [0, 0.05) is 34.9 Å². The fourth-order valence-corrected chi connectivity index (χ4v) is 3.92. The number of aryl methyl sites for hydroxylation is 1. The lowest BCUT2D eigenvalue weighted by Crippen LogP contribution is -2.13. The minimum Gasteiger partial charge on any atom is -0.385 e. The molecule has 0 radical (unpaired) electrons. The predicted octanol–water partition coefficient (Wildman–Crippen LogP) is 5.12. The van der Waals surface area contributed by atoms with Crippen molar-refractivity contribution in [2.45, 2.75) is 33.5 Å². The van der Waals surface area contributed by atoms with E-state index in [1.165, 1.54) is 31.7 Å². The second-order valence-electron chi connectivity index (χ2n) is 6.20. The van der Waals surface area contributed by atoms with Gasteiger partial charge in [0.1, 0.15) is 0 Å². The second-order valence-corrected chi connectivity index (χ2v) is 7.34. The fourth-order valence-electron chi connectivity index (χ4n) is 2.74. The van der Waals surface area contributed by atoms with E-state index in [4.69, 9.17) is 0 Å². The highest BCUT2D eigenvalue weighted by molar-refractivity contribution is 7.19. The molecule has 3 aromatic rings. The smallest absolute Gasteiger partial charge is 0.0397 e. The van der Waals surface area contributed by atoms with Gasteiger partial charge in [0.15, 0.2) is 0 Å². The lowest BCUT2D eigenvalue weighted by Gasteiger charge is -2.08. The van der Waals surface area contributed by atoms with Crippen molar-refractivity contribution in [3.8, 4) is 0 Å². The Morgan fingerprint density at radius 1 is 0.958 bits per heavy atom. The number of hydrogen-bond donors (Lipinski definition) is 2. The van der Waals surface area contributed by atoms with Gasteiger partial charge in [-0.15, -0.1) is 11.3 Å². The average Bonchev–Trinajstić information content (AvgIpc) is 2.91. The van der Waals surface area contributed by atoms with Crippen LogP contribution in [0.1, 0.15) is 28.5 Å². The van der Waals surface area contributed by atoms with E-state index in [-0.39, 0.29) is 0 Å². The number of fused-ring (bicyclic) bond motifs is 1. The zero-order valence-electron chi connectivity index (χ0n) is 14.4. The zero-order chi connectivity index (χ0) is 16.9. The molecule has 0 aliphatic carbocycles. The van der Waals surface area contributed by atoms with Crippen molar-refractivity contribution in [2.24, 2.45) is 0 Å². The van der Waals surface area contributed by atoms with Gasteiger partial charge < -0.3 is 10.6 Å². The fraction of sp³-hybridized carbons (Fsp3) is 0.238. The molecule has 2 nitrogen and oxygen atoms in total. The first kappa shape index (κ1) is 16.7. The Morgan fingerprint density at radius 3 is 2.29 bits per heavy atom. The summed E-state index contributed by atoms with van der Waals surface area (Å²) in [6.07, 6.45) is 0. The number of hydrogen-bond acceptors (Lipinski definition) is 3. The highest BCUT2D eigenvalue weighted by Crippen LogP contribution is 2.30. The first-order chi connectivity index (χ1) is 11.6. The Bertz CT molecular complexity index is 831. The Hall–Kier alpha value is -2.10. The van der Waals surface area contributed by atoms with Gasteiger partial charge in [0.2, 0.25) is 0 Å².